The number of fused-ring (bicyclic) bond motifs is 3. The fourth-order valence-electron chi connectivity index (χ4n) is 6.20. The number of ether oxygens (including phenoxy) is 1. The summed E-state index contributed by atoms with van der Waals surface area (Å²) in [4.78, 5) is 5.02. The van der Waals surface area contributed by atoms with Gasteiger partial charge in [-0.15, -0.1) is 5.10 Å². The van der Waals surface area contributed by atoms with Crippen LogP contribution in [0.15, 0.2) is 60.8 Å². The van der Waals surface area contributed by atoms with Crippen molar-refractivity contribution >= 4 is 21.9 Å². The molecule has 2 aliphatic rings. The van der Waals surface area contributed by atoms with Gasteiger partial charge in [0.05, 0.1) is 39.6 Å². The Morgan fingerprint density at radius 1 is 1.03 bits per heavy atom. The van der Waals surface area contributed by atoms with Crippen LogP contribution in [-0.2, 0) is 17.4 Å². The molecule has 37 heavy (non-hydrogen) atoms. The molecule has 1 aliphatic heterocycles. The summed E-state index contributed by atoms with van der Waals surface area (Å²) < 4.78 is 10.1. The number of nitrogens with zero attached hydrogens (tertiary/aromatic N) is 5. The van der Waals surface area contributed by atoms with Crippen molar-refractivity contribution in [1.29, 1.82) is 0 Å². The predicted octanol–water partition coefficient (Wildman–Crippen LogP) is 5.29. The van der Waals surface area contributed by atoms with Crippen molar-refractivity contribution in [2.24, 2.45) is 13.0 Å². The minimum atomic E-state index is -0.702. The van der Waals surface area contributed by atoms with Gasteiger partial charge in [0.1, 0.15) is 0 Å². The summed E-state index contributed by atoms with van der Waals surface area (Å²) in [6, 6.07) is 19.6. The maximum absolute atomic E-state index is 11.0. The molecule has 7 nitrogen and oxygen atoms in total. The Bertz CT molecular complexity index is 1590. The zero-order valence-corrected chi connectivity index (χ0v) is 21.3. The monoisotopic (exact) mass is 493 g/mol. The van der Waals surface area contributed by atoms with Gasteiger partial charge in [-0.3, -0.25) is 4.98 Å². The number of aryl methyl sites for hydroxylation is 2. The van der Waals surface area contributed by atoms with Crippen LogP contribution >= 0.6 is 0 Å². The van der Waals surface area contributed by atoms with Gasteiger partial charge < -0.3 is 14.4 Å². The van der Waals surface area contributed by atoms with Gasteiger partial charge in [-0.1, -0.05) is 47.7 Å². The van der Waals surface area contributed by atoms with Crippen LogP contribution < -0.4 is 0 Å². The van der Waals surface area contributed by atoms with Crippen molar-refractivity contribution < 1.29 is 9.84 Å². The van der Waals surface area contributed by atoms with Gasteiger partial charge in [-0.2, -0.15) is 0 Å². The average Bonchev–Trinajstić information content (AvgIpc) is 3.49. The summed E-state index contributed by atoms with van der Waals surface area (Å²) in [6.45, 7) is 3.54. The Labute approximate surface area is 215 Å². The molecule has 1 aliphatic carbocycles. The second-order valence-corrected chi connectivity index (χ2v) is 10.7. The molecule has 7 heteroatoms. The van der Waals surface area contributed by atoms with E-state index in [9.17, 15) is 5.11 Å². The first-order chi connectivity index (χ1) is 18.0. The van der Waals surface area contributed by atoms with E-state index < -0.39 is 5.60 Å². The third-order valence-corrected chi connectivity index (χ3v) is 8.30. The molecule has 1 atom stereocenters. The third-order valence-electron chi connectivity index (χ3n) is 8.30. The molecule has 2 aromatic carbocycles. The van der Waals surface area contributed by atoms with E-state index in [2.05, 4.69) is 69.5 Å². The molecule has 4 heterocycles. The molecule has 1 unspecified atom stereocenters. The molecule has 1 saturated heterocycles. The molecule has 0 spiro atoms. The van der Waals surface area contributed by atoms with Crippen molar-refractivity contribution in [2.45, 2.75) is 44.2 Å². The molecule has 1 N–H and O–H groups in total. The summed E-state index contributed by atoms with van der Waals surface area (Å²) in [5.41, 5.74) is 7.63. The molecular weight excluding hydrogens is 462 g/mol. The van der Waals surface area contributed by atoms with Crippen LogP contribution in [0.1, 0.15) is 48.5 Å². The summed E-state index contributed by atoms with van der Waals surface area (Å²) in [5.74, 6) is 0.423. The van der Waals surface area contributed by atoms with E-state index in [0.717, 1.165) is 83.3 Å². The largest absolute Gasteiger partial charge is 0.385 e. The van der Waals surface area contributed by atoms with E-state index in [-0.39, 0.29) is 6.04 Å². The van der Waals surface area contributed by atoms with Crippen LogP contribution in [0.25, 0.3) is 33.2 Å². The van der Waals surface area contributed by atoms with Gasteiger partial charge in [0.25, 0.3) is 0 Å². The zero-order valence-electron chi connectivity index (χ0n) is 21.3. The highest BCUT2D eigenvalue weighted by molar-refractivity contribution is 6.07. The molecule has 7 rings (SSSR count). The normalized spacial score (nSPS) is 18.5. The van der Waals surface area contributed by atoms with Crippen LogP contribution in [-0.4, -0.2) is 42.9 Å². The predicted molar refractivity (Wildman–Crippen MR) is 143 cm³/mol. The number of aliphatic hydroxyl groups is 1. The maximum atomic E-state index is 11.0. The van der Waals surface area contributed by atoms with Gasteiger partial charge in [0, 0.05) is 37.4 Å². The lowest BCUT2D eigenvalue weighted by atomic mass is 9.86. The fourth-order valence-corrected chi connectivity index (χ4v) is 6.20. The van der Waals surface area contributed by atoms with Gasteiger partial charge in [0.15, 0.2) is 0 Å². The lowest BCUT2D eigenvalue weighted by molar-refractivity contribution is 0.0553. The van der Waals surface area contributed by atoms with Crippen molar-refractivity contribution in [1.82, 2.24) is 24.5 Å². The smallest absolute Gasteiger partial charge is 0.0960 e. The van der Waals surface area contributed by atoms with E-state index in [1.807, 2.05) is 24.9 Å². The molecule has 3 aromatic heterocycles. The molecule has 0 radical (unpaired) electrons. The zero-order chi connectivity index (χ0) is 25.1. The summed E-state index contributed by atoms with van der Waals surface area (Å²) >= 11 is 0. The minimum absolute atomic E-state index is 0.122. The van der Waals surface area contributed by atoms with E-state index in [4.69, 9.17) is 9.72 Å². The molecule has 2 fully saturated rings. The number of hydrogen-bond donors (Lipinski definition) is 1. The number of hydrogen-bond acceptors (Lipinski definition) is 5. The second-order valence-electron chi connectivity index (χ2n) is 10.7. The van der Waals surface area contributed by atoms with Crippen LogP contribution in [0.3, 0.4) is 0 Å². The fraction of sp³-hybridized carbons (Fsp3) is 0.367. The van der Waals surface area contributed by atoms with Crippen LogP contribution in [0.5, 0.6) is 0 Å². The highest BCUT2D eigenvalue weighted by Gasteiger charge is 2.42. The first-order valence-corrected chi connectivity index (χ1v) is 13.2. The topological polar surface area (TPSA) is 78.0 Å². The van der Waals surface area contributed by atoms with Gasteiger partial charge >= 0.3 is 0 Å². The van der Waals surface area contributed by atoms with Crippen LogP contribution in [0.4, 0.5) is 0 Å². The van der Waals surface area contributed by atoms with Gasteiger partial charge in [-0.25, -0.2) is 4.68 Å². The Balaban J connectivity index is 1.54. The van der Waals surface area contributed by atoms with Crippen molar-refractivity contribution in [3.8, 4) is 11.3 Å². The first kappa shape index (κ1) is 22.6. The van der Waals surface area contributed by atoms with Crippen LogP contribution in [0, 0.1) is 12.8 Å². The lowest BCUT2D eigenvalue weighted by Gasteiger charge is -2.33. The van der Waals surface area contributed by atoms with Crippen LogP contribution in [0.2, 0.25) is 0 Å². The van der Waals surface area contributed by atoms with E-state index in [1.54, 1.807) is 0 Å². The quantitative estimate of drug-likeness (QED) is 0.360. The molecule has 0 bridgehead atoms. The standard InChI is InChI=1S/C30H31N5O2/c1-19-28(34(2)33-32-19)22-16-26-27(31-18-22)24-9-8-23(30(36)12-13-30)17-25(24)35(26)29(20-6-4-3-5-7-20)21-10-14-37-15-11-21/h3-9,16-18,21,29,36H,10-15H2,1-2H3. The van der Waals surface area contributed by atoms with E-state index in [1.165, 1.54) is 5.56 Å². The maximum Gasteiger partial charge on any atom is 0.0960 e. The van der Waals surface area contributed by atoms with Gasteiger partial charge in [-0.05, 0) is 61.8 Å². The number of benzene rings is 2. The highest BCUT2D eigenvalue weighted by atomic mass is 16.5. The van der Waals surface area contributed by atoms with Crippen molar-refractivity contribution in [3.05, 3.63) is 77.6 Å². The number of rotatable bonds is 5. The average molecular weight is 494 g/mol. The SMILES string of the molecule is Cc1nnn(C)c1-c1cnc2c3ccc(C4(O)CC4)cc3n(C(c3ccccc3)C3CCOCC3)c2c1. The Kier molecular flexibility index (Phi) is 5.20. The molecule has 1 saturated carbocycles. The molecule has 5 aromatic rings. The number of aromatic nitrogens is 5. The van der Waals surface area contributed by atoms with E-state index in [0.29, 0.717) is 5.92 Å². The summed E-state index contributed by atoms with van der Waals surface area (Å²) in [5, 5.41) is 20.6. The Morgan fingerprint density at radius 2 is 1.81 bits per heavy atom. The first-order valence-electron chi connectivity index (χ1n) is 13.2. The van der Waals surface area contributed by atoms with E-state index >= 15 is 0 Å². The Hall–Kier alpha value is -3.55. The molecule has 0 amide bonds. The summed E-state index contributed by atoms with van der Waals surface area (Å²) in [7, 11) is 1.92. The lowest BCUT2D eigenvalue weighted by Crippen LogP contribution is -2.27. The van der Waals surface area contributed by atoms with Crippen molar-refractivity contribution in [2.75, 3.05) is 13.2 Å². The minimum Gasteiger partial charge on any atom is -0.385 e. The van der Waals surface area contributed by atoms with Crippen molar-refractivity contribution in [3.63, 3.8) is 0 Å². The number of pyridine rings is 1. The third kappa shape index (κ3) is 3.68. The Morgan fingerprint density at radius 3 is 2.51 bits per heavy atom. The highest BCUT2D eigenvalue weighted by Crippen LogP contribution is 2.47. The molecule has 188 valence electrons. The van der Waals surface area contributed by atoms with Gasteiger partial charge in [0.2, 0.25) is 0 Å². The summed E-state index contributed by atoms with van der Waals surface area (Å²) in [6.07, 6.45) is 5.57. The second kappa shape index (κ2) is 8.50. The molecular formula is C30H31N5O2.